The van der Waals surface area contributed by atoms with Gasteiger partial charge in [-0.1, -0.05) is 12.1 Å². The lowest BCUT2D eigenvalue weighted by Gasteiger charge is -2.30. The second-order valence-corrected chi connectivity index (χ2v) is 5.42. The summed E-state index contributed by atoms with van der Waals surface area (Å²) < 4.78 is 13.2. The number of rotatable bonds is 4. The average Bonchev–Trinajstić information content (AvgIpc) is 2.91. The van der Waals surface area contributed by atoms with Crippen LogP contribution >= 0.6 is 0 Å². The Hall–Kier alpha value is -2.50. The number of nitrogens with zero attached hydrogens (tertiary/aromatic N) is 2. The van der Waals surface area contributed by atoms with Crippen LogP contribution in [-0.4, -0.2) is 34.4 Å². The molecular formula is C16H19N3O3. The molecule has 1 amide bonds. The molecule has 1 aliphatic rings. The zero-order valence-corrected chi connectivity index (χ0v) is 12.7. The van der Waals surface area contributed by atoms with Gasteiger partial charge in [0.25, 0.3) is 0 Å². The molecular weight excluding hydrogens is 282 g/mol. The van der Waals surface area contributed by atoms with Crippen molar-refractivity contribution in [3.8, 4) is 11.5 Å². The maximum atomic E-state index is 12.1. The van der Waals surface area contributed by atoms with Crippen LogP contribution in [0.15, 0.2) is 36.5 Å². The van der Waals surface area contributed by atoms with Gasteiger partial charge in [-0.3, -0.25) is 9.48 Å². The van der Waals surface area contributed by atoms with E-state index in [0.29, 0.717) is 12.4 Å². The van der Waals surface area contributed by atoms with Crippen LogP contribution in [0.4, 0.5) is 0 Å². The van der Waals surface area contributed by atoms with Gasteiger partial charge in [0, 0.05) is 6.20 Å². The highest BCUT2D eigenvalue weighted by Crippen LogP contribution is 2.31. The molecule has 1 aromatic carbocycles. The van der Waals surface area contributed by atoms with Crippen molar-refractivity contribution in [2.75, 3.05) is 6.61 Å². The van der Waals surface area contributed by atoms with Crippen LogP contribution in [0.5, 0.6) is 11.5 Å². The molecule has 0 saturated heterocycles. The predicted octanol–water partition coefficient (Wildman–Crippen LogP) is 1.54. The summed E-state index contributed by atoms with van der Waals surface area (Å²) in [4.78, 5) is 12.1. The first-order valence-corrected chi connectivity index (χ1v) is 7.30. The fourth-order valence-electron chi connectivity index (χ4n) is 2.37. The number of ether oxygens (including phenoxy) is 2. The van der Waals surface area contributed by atoms with Crippen LogP contribution < -0.4 is 14.8 Å². The highest BCUT2D eigenvalue weighted by atomic mass is 16.6. The van der Waals surface area contributed by atoms with Gasteiger partial charge in [-0.15, -0.1) is 0 Å². The first kappa shape index (κ1) is 14.4. The first-order valence-electron chi connectivity index (χ1n) is 7.30. The van der Waals surface area contributed by atoms with Crippen LogP contribution in [0.1, 0.15) is 12.6 Å². The molecule has 0 unspecified atom stereocenters. The van der Waals surface area contributed by atoms with Crippen molar-refractivity contribution in [2.45, 2.75) is 32.5 Å². The number of nitrogens with one attached hydrogen (secondary N) is 1. The van der Waals surface area contributed by atoms with Gasteiger partial charge in [-0.05, 0) is 32.0 Å². The third-order valence-electron chi connectivity index (χ3n) is 3.56. The number of fused-ring (bicyclic) bond motifs is 1. The molecule has 116 valence electrons. The molecule has 2 aromatic rings. The number of hydrogen-bond donors (Lipinski definition) is 1. The molecule has 1 N–H and O–H groups in total. The molecule has 2 heterocycles. The number of aryl methyl sites for hydroxylation is 1. The maximum Gasteiger partial charge on any atom is 0.242 e. The van der Waals surface area contributed by atoms with E-state index >= 15 is 0 Å². The smallest absolute Gasteiger partial charge is 0.242 e. The number of carbonyl (C=O) groups excluding carboxylic acids is 1. The number of carbonyl (C=O) groups is 1. The number of amides is 1. The molecule has 2 atom stereocenters. The second kappa shape index (κ2) is 6.09. The summed E-state index contributed by atoms with van der Waals surface area (Å²) >= 11 is 0. The van der Waals surface area contributed by atoms with Crippen molar-refractivity contribution < 1.29 is 14.3 Å². The minimum atomic E-state index is -0.210. The normalized spacial score (nSPS) is 17.8. The van der Waals surface area contributed by atoms with Crippen molar-refractivity contribution in [1.82, 2.24) is 15.1 Å². The summed E-state index contributed by atoms with van der Waals surface area (Å²) in [5.41, 5.74) is 0.890. The molecule has 0 spiro atoms. The largest absolute Gasteiger partial charge is 0.486 e. The van der Waals surface area contributed by atoms with Crippen molar-refractivity contribution in [3.05, 3.63) is 42.2 Å². The Bertz CT molecular complexity index is 668. The van der Waals surface area contributed by atoms with Gasteiger partial charge < -0.3 is 14.8 Å². The number of benzene rings is 1. The lowest BCUT2D eigenvalue weighted by Crippen LogP contribution is -2.48. The van der Waals surface area contributed by atoms with Gasteiger partial charge in [0.05, 0.1) is 11.7 Å². The zero-order chi connectivity index (χ0) is 15.5. The maximum absolute atomic E-state index is 12.1. The van der Waals surface area contributed by atoms with Gasteiger partial charge in [-0.25, -0.2) is 0 Å². The fraction of sp³-hybridized carbons (Fsp3) is 0.375. The lowest BCUT2D eigenvalue weighted by molar-refractivity contribution is -0.123. The Morgan fingerprint density at radius 2 is 2.18 bits per heavy atom. The van der Waals surface area contributed by atoms with E-state index in [9.17, 15) is 4.79 Å². The predicted molar refractivity (Wildman–Crippen MR) is 80.9 cm³/mol. The minimum absolute atomic E-state index is 0.0990. The van der Waals surface area contributed by atoms with Crippen molar-refractivity contribution in [2.24, 2.45) is 0 Å². The molecule has 0 bridgehead atoms. The second-order valence-electron chi connectivity index (χ2n) is 5.42. The topological polar surface area (TPSA) is 65.4 Å². The van der Waals surface area contributed by atoms with E-state index in [0.717, 1.165) is 11.4 Å². The lowest BCUT2D eigenvalue weighted by atomic mass is 10.1. The highest BCUT2D eigenvalue weighted by Gasteiger charge is 2.27. The van der Waals surface area contributed by atoms with E-state index in [1.807, 2.05) is 44.2 Å². The summed E-state index contributed by atoms with van der Waals surface area (Å²) in [6.45, 7) is 4.41. The third kappa shape index (κ3) is 3.21. The van der Waals surface area contributed by atoms with E-state index in [-0.39, 0.29) is 24.6 Å². The monoisotopic (exact) mass is 301 g/mol. The van der Waals surface area contributed by atoms with E-state index in [1.54, 1.807) is 10.9 Å². The Morgan fingerprint density at radius 1 is 1.41 bits per heavy atom. The minimum Gasteiger partial charge on any atom is -0.486 e. The van der Waals surface area contributed by atoms with E-state index in [1.165, 1.54) is 0 Å². The molecule has 0 fully saturated rings. The SMILES string of the molecule is Cc1ccn(CC(=O)N[C@@H](C)[C@@H]2COc3ccccc3O2)n1. The molecule has 22 heavy (non-hydrogen) atoms. The summed E-state index contributed by atoms with van der Waals surface area (Å²) in [5, 5.41) is 7.13. The molecule has 0 saturated carbocycles. The van der Waals surface area contributed by atoms with Gasteiger partial charge in [0.1, 0.15) is 13.2 Å². The number of hydrogen-bond acceptors (Lipinski definition) is 4. The summed E-state index contributed by atoms with van der Waals surface area (Å²) in [5.74, 6) is 1.35. The van der Waals surface area contributed by atoms with Gasteiger partial charge in [0.2, 0.25) is 5.91 Å². The van der Waals surface area contributed by atoms with Gasteiger partial charge in [0.15, 0.2) is 17.6 Å². The van der Waals surface area contributed by atoms with Crippen LogP contribution in [0, 0.1) is 6.92 Å². The Kier molecular flexibility index (Phi) is 4.00. The number of aromatic nitrogens is 2. The molecule has 0 radical (unpaired) electrons. The van der Waals surface area contributed by atoms with E-state index < -0.39 is 0 Å². The zero-order valence-electron chi connectivity index (χ0n) is 12.7. The summed E-state index contributed by atoms with van der Waals surface area (Å²) in [7, 11) is 0. The first-order chi connectivity index (χ1) is 10.6. The van der Waals surface area contributed by atoms with Crippen LogP contribution in [0.25, 0.3) is 0 Å². The molecule has 6 nitrogen and oxygen atoms in total. The van der Waals surface area contributed by atoms with Crippen molar-refractivity contribution in [1.29, 1.82) is 0 Å². The van der Waals surface area contributed by atoms with E-state index in [4.69, 9.17) is 9.47 Å². The van der Waals surface area contributed by atoms with Crippen LogP contribution in [-0.2, 0) is 11.3 Å². The quantitative estimate of drug-likeness (QED) is 0.930. The molecule has 6 heteroatoms. The van der Waals surface area contributed by atoms with Crippen molar-refractivity contribution in [3.63, 3.8) is 0 Å². The summed E-state index contributed by atoms with van der Waals surface area (Å²) in [6.07, 6.45) is 1.58. The van der Waals surface area contributed by atoms with Crippen molar-refractivity contribution >= 4 is 5.91 Å². The van der Waals surface area contributed by atoms with Gasteiger partial charge in [-0.2, -0.15) is 5.10 Å². The summed E-state index contributed by atoms with van der Waals surface area (Å²) in [6, 6.07) is 9.24. The third-order valence-corrected chi connectivity index (χ3v) is 3.56. The van der Waals surface area contributed by atoms with E-state index in [2.05, 4.69) is 10.4 Å². The molecule has 0 aliphatic carbocycles. The van der Waals surface area contributed by atoms with Gasteiger partial charge >= 0.3 is 0 Å². The average molecular weight is 301 g/mol. The standard InChI is InChI=1S/C16H19N3O3/c1-11-7-8-19(18-11)9-16(20)17-12(2)15-10-21-13-5-3-4-6-14(13)22-15/h3-8,12,15H,9-10H2,1-2H3,(H,17,20)/t12-,15-/m0/s1. The Balaban J connectivity index is 1.56. The Morgan fingerprint density at radius 3 is 2.91 bits per heavy atom. The highest BCUT2D eigenvalue weighted by molar-refractivity contribution is 5.76. The van der Waals surface area contributed by atoms with Crippen LogP contribution in [0.2, 0.25) is 0 Å². The molecule has 1 aliphatic heterocycles. The molecule has 3 rings (SSSR count). The fourth-order valence-corrected chi connectivity index (χ4v) is 2.37. The Labute approximate surface area is 129 Å². The number of para-hydroxylation sites is 2. The molecule has 1 aromatic heterocycles. The van der Waals surface area contributed by atoms with Crippen LogP contribution in [0.3, 0.4) is 0 Å².